The molecule has 3 aromatic rings. The van der Waals surface area contributed by atoms with Crippen molar-refractivity contribution in [1.82, 2.24) is 9.55 Å². The maximum absolute atomic E-state index is 13.0. The van der Waals surface area contributed by atoms with Gasteiger partial charge in [-0.25, -0.2) is 4.79 Å². The second kappa shape index (κ2) is 8.80. The quantitative estimate of drug-likeness (QED) is 0.495. The molecule has 0 atom stereocenters. The fourth-order valence-corrected chi connectivity index (χ4v) is 3.58. The lowest BCUT2D eigenvalue weighted by Gasteiger charge is -2.09. The van der Waals surface area contributed by atoms with Crippen molar-refractivity contribution in [3.05, 3.63) is 73.9 Å². The molecule has 0 saturated heterocycles. The summed E-state index contributed by atoms with van der Waals surface area (Å²) in [6.45, 7) is 2.05. The number of carbonyl (C=O) groups is 1. The number of hydrogen-bond donors (Lipinski definition) is 1. The molecule has 1 aromatic heterocycles. The van der Waals surface area contributed by atoms with Crippen LogP contribution >= 0.6 is 11.8 Å². The van der Waals surface area contributed by atoms with E-state index in [2.05, 4.69) is 11.1 Å². The molecule has 2 aromatic carbocycles. The SMILES string of the molecule is CCOC(=O)Cc1ccc2[nH]c(=O)n(Cc3ccc(SC)c(C#N)c3)c(=O)c2c1. The third kappa shape index (κ3) is 4.41. The Morgan fingerprint density at radius 1 is 1.21 bits per heavy atom. The zero-order valence-electron chi connectivity index (χ0n) is 16.0. The largest absolute Gasteiger partial charge is 0.466 e. The van der Waals surface area contributed by atoms with Gasteiger partial charge in [0.25, 0.3) is 5.56 Å². The van der Waals surface area contributed by atoms with E-state index in [0.29, 0.717) is 27.6 Å². The highest BCUT2D eigenvalue weighted by Gasteiger charge is 2.12. The summed E-state index contributed by atoms with van der Waals surface area (Å²) in [4.78, 5) is 40.6. The minimum absolute atomic E-state index is 0.0373. The molecule has 0 aliphatic carbocycles. The van der Waals surface area contributed by atoms with E-state index in [1.807, 2.05) is 6.26 Å². The van der Waals surface area contributed by atoms with Crippen molar-refractivity contribution < 1.29 is 9.53 Å². The van der Waals surface area contributed by atoms with Crippen LogP contribution in [0.2, 0.25) is 0 Å². The number of nitriles is 1. The van der Waals surface area contributed by atoms with Crippen molar-refractivity contribution in [2.45, 2.75) is 24.8 Å². The monoisotopic (exact) mass is 409 g/mol. The number of nitrogens with zero attached hydrogens (tertiary/aromatic N) is 2. The van der Waals surface area contributed by atoms with Gasteiger partial charge < -0.3 is 9.72 Å². The van der Waals surface area contributed by atoms with E-state index in [4.69, 9.17) is 4.74 Å². The fourth-order valence-electron chi connectivity index (χ4n) is 3.05. The van der Waals surface area contributed by atoms with Gasteiger partial charge in [-0.15, -0.1) is 11.8 Å². The molecule has 0 saturated carbocycles. The van der Waals surface area contributed by atoms with E-state index in [9.17, 15) is 19.6 Å². The van der Waals surface area contributed by atoms with Crippen molar-refractivity contribution in [2.24, 2.45) is 0 Å². The van der Waals surface area contributed by atoms with Crippen molar-refractivity contribution >= 4 is 28.6 Å². The predicted molar refractivity (Wildman–Crippen MR) is 111 cm³/mol. The maximum atomic E-state index is 13.0. The number of aromatic amines is 1. The molecule has 1 N–H and O–H groups in total. The van der Waals surface area contributed by atoms with Crippen molar-refractivity contribution in [1.29, 1.82) is 5.26 Å². The lowest BCUT2D eigenvalue weighted by molar-refractivity contribution is -0.142. The fraction of sp³-hybridized carbons (Fsp3) is 0.238. The Morgan fingerprint density at radius 3 is 2.66 bits per heavy atom. The first-order valence-electron chi connectivity index (χ1n) is 8.95. The summed E-state index contributed by atoms with van der Waals surface area (Å²) in [5, 5.41) is 9.61. The van der Waals surface area contributed by atoms with E-state index in [-0.39, 0.29) is 25.5 Å². The Bertz CT molecular complexity index is 1240. The van der Waals surface area contributed by atoms with Gasteiger partial charge in [-0.1, -0.05) is 12.1 Å². The number of esters is 1. The number of benzene rings is 2. The first-order valence-corrected chi connectivity index (χ1v) is 10.2. The molecule has 0 aliphatic rings. The molecule has 0 aliphatic heterocycles. The molecule has 3 rings (SSSR count). The molecule has 0 amide bonds. The zero-order valence-corrected chi connectivity index (χ0v) is 16.8. The van der Waals surface area contributed by atoms with Crippen LogP contribution in [0.3, 0.4) is 0 Å². The van der Waals surface area contributed by atoms with Crippen LogP contribution < -0.4 is 11.2 Å². The van der Waals surface area contributed by atoms with E-state index in [0.717, 1.165) is 9.46 Å². The summed E-state index contributed by atoms with van der Waals surface area (Å²) in [5.74, 6) is -0.380. The number of H-pyrrole nitrogens is 1. The first kappa shape index (κ1) is 20.4. The summed E-state index contributed by atoms with van der Waals surface area (Å²) in [6.07, 6.45) is 1.92. The molecule has 8 heteroatoms. The average molecular weight is 409 g/mol. The van der Waals surface area contributed by atoms with Gasteiger partial charge in [0, 0.05) is 4.90 Å². The number of hydrogen-bond acceptors (Lipinski definition) is 6. The number of ether oxygens (including phenoxy) is 1. The van der Waals surface area contributed by atoms with Crippen molar-refractivity contribution in [3.8, 4) is 6.07 Å². The zero-order chi connectivity index (χ0) is 21.0. The third-order valence-corrected chi connectivity index (χ3v) is 5.22. The number of aromatic nitrogens is 2. The van der Waals surface area contributed by atoms with Crippen LogP contribution in [-0.2, 0) is 22.5 Å². The summed E-state index contributed by atoms with van der Waals surface area (Å²) >= 11 is 1.46. The Morgan fingerprint density at radius 2 is 1.97 bits per heavy atom. The minimum atomic E-state index is -0.534. The molecule has 1 heterocycles. The van der Waals surface area contributed by atoms with Gasteiger partial charge in [0.05, 0.1) is 36.0 Å². The second-order valence-electron chi connectivity index (χ2n) is 6.33. The average Bonchev–Trinajstić information content (AvgIpc) is 2.71. The van der Waals surface area contributed by atoms with Crippen LogP contribution in [0, 0.1) is 11.3 Å². The number of nitrogens with one attached hydrogen (secondary N) is 1. The summed E-state index contributed by atoms with van der Waals surface area (Å²) in [5.41, 5.74) is 1.21. The van der Waals surface area contributed by atoms with E-state index in [1.54, 1.807) is 43.3 Å². The van der Waals surface area contributed by atoms with Crippen molar-refractivity contribution in [3.63, 3.8) is 0 Å². The highest BCUT2D eigenvalue weighted by Crippen LogP contribution is 2.21. The van der Waals surface area contributed by atoms with Crippen LogP contribution in [-0.4, -0.2) is 28.4 Å². The lowest BCUT2D eigenvalue weighted by Crippen LogP contribution is -2.35. The Labute approximate surface area is 170 Å². The van der Waals surface area contributed by atoms with Gasteiger partial charge in [0.2, 0.25) is 0 Å². The third-order valence-electron chi connectivity index (χ3n) is 4.43. The lowest BCUT2D eigenvalue weighted by atomic mass is 10.1. The molecule has 0 fully saturated rings. The number of carbonyl (C=O) groups excluding carboxylic acids is 1. The molecule has 148 valence electrons. The molecule has 29 heavy (non-hydrogen) atoms. The smallest absolute Gasteiger partial charge is 0.329 e. The topological polar surface area (TPSA) is 105 Å². The van der Waals surface area contributed by atoms with E-state index < -0.39 is 11.2 Å². The van der Waals surface area contributed by atoms with Crippen LogP contribution in [0.15, 0.2) is 50.9 Å². The summed E-state index contributed by atoms with van der Waals surface area (Å²) in [6, 6.07) is 12.3. The highest BCUT2D eigenvalue weighted by molar-refractivity contribution is 7.98. The molecule has 7 nitrogen and oxygen atoms in total. The normalized spacial score (nSPS) is 10.7. The number of thioether (sulfide) groups is 1. The predicted octanol–water partition coefficient (Wildman–Crippen LogP) is 2.44. The number of fused-ring (bicyclic) bond motifs is 1. The van der Waals surface area contributed by atoms with E-state index in [1.165, 1.54) is 11.8 Å². The highest BCUT2D eigenvalue weighted by atomic mass is 32.2. The van der Waals surface area contributed by atoms with Gasteiger partial charge in [0.1, 0.15) is 6.07 Å². The summed E-state index contributed by atoms with van der Waals surface area (Å²) in [7, 11) is 0. The van der Waals surface area contributed by atoms with Gasteiger partial charge in [-0.05, 0) is 48.6 Å². The molecular weight excluding hydrogens is 390 g/mol. The number of rotatable bonds is 6. The maximum Gasteiger partial charge on any atom is 0.329 e. The summed E-state index contributed by atoms with van der Waals surface area (Å²) < 4.78 is 6.03. The molecule has 0 radical (unpaired) electrons. The first-order chi connectivity index (χ1) is 14.0. The Balaban J connectivity index is 2.02. The molecule has 0 unspecified atom stereocenters. The molecule has 0 spiro atoms. The Kier molecular flexibility index (Phi) is 6.20. The second-order valence-corrected chi connectivity index (χ2v) is 7.18. The van der Waals surface area contributed by atoms with Crippen LogP contribution in [0.5, 0.6) is 0 Å². The molecule has 0 bridgehead atoms. The van der Waals surface area contributed by atoms with Crippen LogP contribution in [0.4, 0.5) is 0 Å². The molecular formula is C21H19N3O4S. The Hall–Kier alpha value is -3.31. The van der Waals surface area contributed by atoms with Crippen LogP contribution in [0.25, 0.3) is 10.9 Å². The van der Waals surface area contributed by atoms with Crippen LogP contribution in [0.1, 0.15) is 23.6 Å². The van der Waals surface area contributed by atoms with Gasteiger partial charge in [-0.2, -0.15) is 5.26 Å². The standard InChI is InChI=1S/C21H19N3O4S/c1-3-28-19(25)10-13-4-6-17-16(9-13)20(26)24(21(27)23-17)12-14-5-7-18(29-2)15(8-14)11-22/h4-9H,3,10,12H2,1-2H3,(H,23,27). The van der Waals surface area contributed by atoms with Gasteiger partial charge in [-0.3, -0.25) is 14.2 Å². The van der Waals surface area contributed by atoms with Gasteiger partial charge in [0.15, 0.2) is 0 Å². The van der Waals surface area contributed by atoms with Crippen molar-refractivity contribution in [2.75, 3.05) is 12.9 Å². The van der Waals surface area contributed by atoms with Gasteiger partial charge >= 0.3 is 11.7 Å². The van der Waals surface area contributed by atoms with E-state index >= 15 is 0 Å². The minimum Gasteiger partial charge on any atom is -0.466 e.